The van der Waals surface area contributed by atoms with Crippen LogP contribution in [0.5, 0.6) is 11.5 Å². The molecule has 0 saturated carbocycles. The van der Waals surface area contributed by atoms with Gasteiger partial charge in [-0.1, -0.05) is 24.3 Å². The fourth-order valence-corrected chi connectivity index (χ4v) is 6.10. The Kier molecular flexibility index (Phi) is 8.10. The smallest absolute Gasteiger partial charge is 0.255 e. The highest BCUT2D eigenvalue weighted by atomic mass is 16.5. The van der Waals surface area contributed by atoms with Gasteiger partial charge in [-0.2, -0.15) is 0 Å². The van der Waals surface area contributed by atoms with E-state index in [0.717, 1.165) is 22.0 Å². The number of ether oxygens (including phenoxy) is 2. The molecule has 6 rings (SSSR count). The second-order valence-corrected chi connectivity index (χ2v) is 11.3. The first-order chi connectivity index (χ1) is 21.3. The molecule has 2 aliphatic heterocycles. The molecule has 44 heavy (non-hydrogen) atoms. The molecule has 1 saturated heterocycles. The van der Waals surface area contributed by atoms with Crippen molar-refractivity contribution in [1.82, 2.24) is 24.7 Å². The average molecular weight is 598 g/mol. The first-order valence-electron chi connectivity index (χ1n) is 14.7. The zero-order valence-corrected chi connectivity index (χ0v) is 24.7. The van der Waals surface area contributed by atoms with Crippen LogP contribution < -0.4 is 20.3 Å². The van der Waals surface area contributed by atoms with E-state index < -0.39 is 6.04 Å². The molecule has 228 valence electrons. The van der Waals surface area contributed by atoms with Crippen molar-refractivity contribution in [2.45, 2.75) is 24.8 Å². The quantitative estimate of drug-likeness (QED) is 0.372. The monoisotopic (exact) mass is 597 g/mol. The van der Waals surface area contributed by atoms with Crippen LogP contribution in [0.1, 0.15) is 33.8 Å². The van der Waals surface area contributed by atoms with Crippen molar-refractivity contribution in [2.75, 3.05) is 39.9 Å². The topological polar surface area (TPSA) is 126 Å². The first-order valence-corrected chi connectivity index (χ1v) is 14.7. The predicted molar refractivity (Wildman–Crippen MR) is 164 cm³/mol. The van der Waals surface area contributed by atoms with Crippen LogP contribution in [0.25, 0.3) is 10.9 Å². The third-order valence-electron chi connectivity index (χ3n) is 8.44. The number of likely N-dealkylation sites (tertiary alicyclic amines) is 1. The first kappa shape index (κ1) is 29.0. The number of hydrogen-bond acceptors (Lipinski definition) is 6. The Morgan fingerprint density at radius 1 is 1.05 bits per heavy atom. The van der Waals surface area contributed by atoms with Gasteiger partial charge in [0.25, 0.3) is 5.91 Å². The number of para-hydroxylation sites is 1. The van der Waals surface area contributed by atoms with Gasteiger partial charge in [0.1, 0.15) is 0 Å². The van der Waals surface area contributed by atoms with Crippen LogP contribution in [-0.4, -0.2) is 83.0 Å². The highest BCUT2D eigenvalue weighted by molar-refractivity contribution is 5.94. The van der Waals surface area contributed by atoms with Gasteiger partial charge in [-0.25, -0.2) is 0 Å². The molecule has 0 spiro atoms. The zero-order valence-electron chi connectivity index (χ0n) is 24.7. The minimum Gasteiger partial charge on any atom is -0.493 e. The van der Waals surface area contributed by atoms with E-state index in [1.54, 1.807) is 24.0 Å². The summed E-state index contributed by atoms with van der Waals surface area (Å²) in [5.41, 5.74) is 2.90. The molecule has 0 unspecified atom stereocenters. The van der Waals surface area contributed by atoms with Gasteiger partial charge in [0.05, 0.1) is 38.3 Å². The maximum absolute atomic E-state index is 13.6. The summed E-state index contributed by atoms with van der Waals surface area (Å²) in [5, 5.41) is 4.10. The van der Waals surface area contributed by atoms with Crippen LogP contribution in [-0.2, 0) is 23.1 Å². The van der Waals surface area contributed by atoms with Gasteiger partial charge in [-0.3, -0.25) is 19.2 Å². The van der Waals surface area contributed by atoms with Gasteiger partial charge < -0.3 is 34.1 Å². The number of aromatic nitrogens is 2. The number of nitrogens with one attached hydrogen (secondary N) is 2. The summed E-state index contributed by atoms with van der Waals surface area (Å²) < 4.78 is 13.0. The van der Waals surface area contributed by atoms with E-state index in [4.69, 9.17) is 9.47 Å². The molecule has 2 N–H and O–H groups in total. The fraction of sp³-hybridized carbons (Fsp3) is 0.333. The lowest BCUT2D eigenvalue weighted by molar-refractivity contribution is -0.135. The normalized spacial score (nSPS) is 18.8. The number of methoxy groups -OCH3 is 1. The standard InChI is InChI=1S/C33H35N5O6/c1-36-17-22(9-11-31(36)40)33(42)38-18-25-21-8-10-28(43-2)29(14-21)44-13-5-12-37(20-30(39)35-27(25)19-38)32(41)15-23-16-34-26-7-4-3-6-24(23)26/h3-4,6-11,14,16-17,25,27,34H,5,12-13,15,18-20H2,1-2H3,(H,35,39)/t25-,27+/m1/s1. The van der Waals surface area contributed by atoms with Crippen LogP contribution in [0.3, 0.4) is 0 Å². The Balaban J connectivity index is 1.26. The lowest BCUT2D eigenvalue weighted by atomic mass is 9.94. The minimum atomic E-state index is -0.411. The number of fused-ring (bicyclic) bond motifs is 5. The molecule has 4 heterocycles. The maximum Gasteiger partial charge on any atom is 0.255 e. The van der Waals surface area contributed by atoms with Crippen LogP contribution in [0.2, 0.25) is 0 Å². The van der Waals surface area contributed by atoms with Crippen molar-refractivity contribution in [1.29, 1.82) is 0 Å². The van der Waals surface area contributed by atoms with Gasteiger partial charge >= 0.3 is 0 Å². The number of carbonyl (C=O) groups excluding carboxylic acids is 3. The van der Waals surface area contributed by atoms with Crippen LogP contribution >= 0.6 is 0 Å². The molecule has 2 aromatic heterocycles. The second-order valence-electron chi connectivity index (χ2n) is 11.3. The van der Waals surface area contributed by atoms with Crippen LogP contribution in [0.15, 0.2) is 71.8 Å². The summed E-state index contributed by atoms with van der Waals surface area (Å²) in [5.74, 6) is 0.218. The van der Waals surface area contributed by atoms with Gasteiger partial charge in [-0.05, 0) is 41.8 Å². The molecule has 11 heteroatoms. The third kappa shape index (κ3) is 5.90. The summed E-state index contributed by atoms with van der Waals surface area (Å²) >= 11 is 0. The number of pyridine rings is 1. The van der Waals surface area contributed by atoms with E-state index in [-0.39, 0.29) is 48.7 Å². The maximum atomic E-state index is 13.6. The molecular weight excluding hydrogens is 562 g/mol. The Labute approximate surface area is 254 Å². The summed E-state index contributed by atoms with van der Waals surface area (Å²) in [7, 11) is 3.18. The Hall–Kier alpha value is -5.06. The van der Waals surface area contributed by atoms with Gasteiger partial charge in [0.2, 0.25) is 17.4 Å². The molecule has 11 nitrogen and oxygen atoms in total. The zero-order chi connectivity index (χ0) is 30.8. The van der Waals surface area contributed by atoms with E-state index in [1.165, 1.54) is 22.9 Å². The fourth-order valence-electron chi connectivity index (χ4n) is 6.10. The molecule has 2 atom stereocenters. The average Bonchev–Trinajstić information content (AvgIpc) is 3.63. The second kappa shape index (κ2) is 12.3. The van der Waals surface area contributed by atoms with Crippen molar-refractivity contribution in [2.24, 2.45) is 7.05 Å². The summed E-state index contributed by atoms with van der Waals surface area (Å²) in [4.78, 5) is 58.9. The Morgan fingerprint density at radius 3 is 2.70 bits per heavy atom. The summed E-state index contributed by atoms with van der Waals surface area (Å²) in [6, 6.07) is 15.9. The number of amides is 3. The van der Waals surface area contributed by atoms with Crippen LogP contribution in [0, 0.1) is 0 Å². The molecule has 0 aliphatic carbocycles. The lowest BCUT2D eigenvalue weighted by Crippen LogP contribution is -2.47. The minimum absolute atomic E-state index is 0.111. The molecular formula is C33H35N5O6. The highest BCUT2D eigenvalue weighted by Gasteiger charge is 2.38. The Morgan fingerprint density at radius 2 is 1.89 bits per heavy atom. The van der Waals surface area contributed by atoms with Crippen LogP contribution in [0.4, 0.5) is 0 Å². The van der Waals surface area contributed by atoms with E-state index >= 15 is 0 Å². The number of aryl methyl sites for hydroxylation is 1. The lowest BCUT2D eigenvalue weighted by Gasteiger charge is -2.24. The van der Waals surface area contributed by atoms with Gasteiger partial charge in [-0.15, -0.1) is 0 Å². The molecule has 4 aromatic rings. The molecule has 0 radical (unpaired) electrons. The molecule has 2 aliphatic rings. The molecule has 3 amide bonds. The highest BCUT2D eigenvalue weighted by Crippen LogP contribution is 2.35. The van der Waals surface area contributed by atoms with Crippen molar-refractivity contribution >= 4 is 28.6 Å². The largest absolute Gasteiger partial charge is 0.493 e. The number of hydrogen-bond donors (Lipinski definition) is 2. The number of nitrogens with zero attached hydrogens (tertiary/aromatic N) is 3. The van der Waals surface area contributed by atoms with Crippen molar-refractivity contribution < 1.29 is 23.9 Å². The number of benzene rings is 2. The SMILES string of the molecule is COc1ccc2cc1OCCCN(C(=O)Cc1c[nH]c3ccccc13)CC(=O)N[C@H]1CN(C(=O)c3ccc(=O)n(C)c3)C[C@H]21. The molecule has 2 aromatic carbocycles. The number of H-pyrrole nitrogens is 1. The van der Waals surface area contributed by atoms with Crippen molar-refractivity contribution in [3.63, 3.8) is 0 Å². The van der Waals surface area contributed by atoms with Crippen molar-refractivity contribution in [3.8, 4) is 11.5 Å². The van der Waals surface area contributed by atoms with E-state index in [9.17, 15) is 19.2 Å². The summed E-state index contributed by atoms with van der Waals surface area (Å²) in [6.45, 7) is 1.16. The number of rotatable bonds is 4. The molecule has 2 bridgehead atoms. The van der Waals surface area contributed by atoms with E-state index in [1.807, 2.05) is 48.7 Å². The van der Waals surface area contributed by atoms with Gasteiger partial charge in [0, 0.05) is 62.0 Å². The van der Waals surface area contributed by atoms with Gasteiger partial charge in [0.15, 0.2) is 11.5 Å². The number of aromatic amines is 1. The predicted octanol–water partition coefficient (Wildman–Crippen LogP) is 2.45. The van der Waals surface area contributed by atoms with Crippen molar-refractivity contribution in [3.05, 3.63) is 94.0 Å². The number of carbonyl (C=O) groups is 3. The molecule has 1 fully saturated rings. The Bertz CT molecular complexity index is 1780. The van der Waals surface area contributed by atoms with E-state index in [0.29, 0.717) is 43.2 Å². The van der Waals surface area contributed by atoms with E-state index in [2.05, 4.69) is 10.3 Å². The summed E-state index contributed by atoms with van der Waals surface area (Å²) in [6.07, 6.45) is 4.04. The third-order valence-corrected chi connectivity index (χ3v) is 8.44.